The summed E-state index contributed by atoms with van der Waals surface area (Å²) >= 11 is 1.48. The maximum atomic E-state index is 13.6. The summed E-state index contributed by atoms with van der Waals surface area (Å²) < 4.78 is 28.7. The van der Waals surface area contributed by atoms with E-state index >= 15 is 0 Å². The van der Waals surface area contributed by atoms with E-state index < -0.39 is 11.6 Å². The van der Waals surface area contributed by atoms with E-state index in [-0.39, 0.29) is 17.7 Å². The summed E-state index contributed by atoms with van der Waals surface area (Å²) in [5.74, 6) is -1.26. The van der Waals surface area contributed by atoms with Gasteiger partial charge in [-0.05, 0) is 23.6 Å². The predicted molar refractivity (Wildman–Crippen MR) is 71.5 cm³/mol. The molecule has 2 nitrogen and oxygen atoms in total. The normalized spacial score (nSPS) is 11.1. The first-order chi connectivity index (χ1) is 9.15. The number of nitrogens with zero attached hydrogens (tertiary/aromatic N) is 1. The Morgan fingerprint density at radius 2 is 2.00 bits per heavy atom. The molecule has 1 aromatic carbocycles. The fourth-order valence-electron chi connectivity index (χ4n) is 1.96. The summed E-state index contributed by atoms with van der Waals surface area (Å²) in [4.78, 5) is 12.1. The van der Waals surface area contributed by atoms with Crippen molar-refractivity contribution < 1.29 is 8.78 Å². The van der Waals surface area contributed by atoms with Gasteiger partial charge in [0.05, 0.1) is 11.9 Å². The van der Waals surface area contributed by atoms with E-state index in [9.17, 15) is 13.6 Å². The van der Waals surface area contributed by atoms with Crippen LogP contribution in [-0.2, 0) is 6.54 Å². The molecular formula is C14H9F2NOS. The molecule has 0 unspecified atom stereocenters. The fraction of sp³-hybridized carbons (Fsp3) is 0.0714. The van der Waals surface area contributed by atoms with Crippen LogP contribution in [0.25, 0.3) is 10.1 Å². The average molecular weight is 277 g/mol. The zero-order valence-electron chi connectivity index (χ0n) is 9.77. The molecule has 2 aromatic heterocycles. The van der Waals surface area contributed by atoms with Crippen molar-refractivity contribution in [2.45, 2.75) is 6.54 Å². The van der Waals surface area contributed by atoms with Crippen molar-refractivity contribution in [1.82, 2.24) is 4.57 Å². The predicted octanol–water partition coefficient (Wildman–Crippen LogP) is 3.39. The van der Waals surface area contributed by atoms with Crippen LogP contribution in [0.1, 0.15) is 5.56 Å². The van der Waals surface area contributed by atoms with Gasteiger partial charge in [0.1, 0.15) is 11.6 Å². The number of pyridine rings is 1. The van der Waals surface area contributed by atoms with Gasteiger partial charge in [-0.2, -0.15) is 0 Å². The van der Waals surface area contributed by atoms with Gasteiger partial charge in [0.2, 0.25) is 0 Å². The van der Waals surface area contributed by atoms with Crippen molar-refractivity contribution in [2.75, 3.05) is 0 Å². The minimum absolute atomic E-state index is 0.0940. The Labute approximate surface area is 111 Å². The first-order valence-electron chi connectivity index (χ1n) is 5.66. The molecule has 0 amide bonds. The van der Waals surface area contributed by atoms with E-state index in [1.54, 1.807) is 12.3 Å². The molecule has 0 saturated carbocycles. The van der Waals surface area contributed by atoms with Crippen LogP contribution < -0.4 is 5.56 Å². The Hall–Kier alpha value is -2.01. The lowest BCUT2D eigenvalue weighted by atomic mass is 10.2. The zero-order valence-corrected chi connectivity index (χ0v) is 10.6. The number of hydrogen-bond acceptors (Lipinski definition) is 2. The van der Waals surface area contributed by atoms with Crippen LogP contribution in [0.5, 0.6) is 0 Å². The second kappa shape index (κ2) is 4.59. The van der Waals surface area contributed by atoms with E-state index in [1.165, 1.54) is 28.0 Å². The Morgan fingerprint density at radius 1 is 1.16 bits per heavy atom. The lowest BCUT2D eigenvalue weighted by molar-refractivity contribution is 0.565. The van der Waals surface area contributed by atoms with Crippen LogP contribution in [0.15, 0.2) is 46.7 Å². The van der Waals surface area contributed by atoms with Crippen LogP contribution >= 0.6 is 11.3 Å². The number of thiophene rings is 1. The summed E-state index contributed by atoms with van der Waals surface area (Å²) in [7, 11) is 0. The van der Waals surface area contributed by atoms with E-state index in [4.69, 9.17) is 0 Å². The third-order valence-electron chi connectivity index (χ3n) is 2.95. The first kappa shape index (κ1) is 12.0. The van der Waals surface area contributed by atoms with Gasteiger partial charge in [-0.15, -0.1) is 11.3 Å². The number of rotatable bonds is 2. The van der Waals surface area contributed by atoms with Crippen molar-refractivity contribution in [3.8, 4) is 0 Å². The SMILES string of the molecule is O=c1c2ccsc2ccn1Cc1ccc(F)cc1F. The lowest BCUT2D eigenvalue weighted by Crippen LogP contribution is -2.19. The van der Waals surface area contributed by atoms with Crippen molar-refractivity contribution in [3.63, 3.8) is 0 Å². The summed E-state index contributed by atoms with van der Waals surface area (Å²) in [6, 6.07) is 6.94. The molecule has 0 saturated heterocycles. The van der Waals surface area contributed by atoms with Crippen molar-refractivity contribution in [1.29, 1.82) is 0 Å². The zero-order chi connectivity index (χ0) is 13.4. The second-order valence-corrected chi connectivity index (χ2v) is 5.13. The molecule has 0 fully saturated rings. The molecule has 0 atom stereocenters. The number of benzene rings is 1. The number of fused-ring (bicyclic) bond motifs is 1. The van der Waals surface area contributed by atoms with Crippen LogP contribution in [0, 0.1) is 11.6 Å². The Morgan fingerprint density at radius 3 is 2.79 bits per heavy atom. The summed E-state index contributed by atoms with van der Waals surface area (Å²) in [5.41, 5.74) is 0.126. The maximum absolute atomic E-state index is 13.6. The third-order valence-corrected chi connectivity index (χ3v) is 3.83. The molecule has 3 rings (SSSR count). The Bertz CT molecular complexity index is 807. The van der Waals surface area contributed by atoms with Gasteiger partial charge in [0, 0.05) is 22.5 Å². The Kier molecular flexibility index (Phi) is 2.91. The van der Waals surface area contributed by atoms with Gasteiger partial charge < -0.3 is 4.57 Å². The molecule has 0 spiro atoms. The van der Waals surface area contributed by atoms with E-state index in [1.807, 2.05) is 11.4 Å². The minimum Gasteiger partial charge on any atom is -0.310 e. The molecule has 2 heterocycles. The van der Waals surface area contributed by atoms with Gasteiger partial charge in [0.25, 0.3) is 5.56 Å². The second-order valence-electron chi connectivity index (χ2n) is 4.18. The standard InChI is InChI=1S/C14H9F2NOS/c15-10-2-1-9(12(16)7-10)8-17-5-3-13-11(14(17)18)4-6-19-13/h1-7H,8H2. The first-order valence-corrected chi connectivity index (χ1v) is 6.54. The number of hydrogen-bond donors (Lipinski definition) is 0. The highest BCUT2D eigenvalue weighted by Gasteiger charge is 2.08. The topological polar surface area (TPSA) is 22.0 Å². The maximum Gasteiger partial charge on any atom is 0.259 e. The molecule has 96 valence electrons. The van der Waals surface area contributed by atoms with E-state index in [2.05, 4.69) is 0 Å². The molecule has 0 aliphatic rings. The van der Waals surface area contributed by atoms with E-state index in [0.29, 0.717) is 5.39 Å². The number of aromatic nitrogens is 1. The molecule has 0 N–H and O–H groups in total. The summed E-state index contributed by atoms with van der Waals surface area (Å²) in [5, 5.41) is 2.46. The highest BCUT2D eigenvalue weighted by atomic mass is 32.1. The minimum atomic E-state index is -0.641. The monoisotopic (exact) mass is 277 g/mol. The van der Waals surface area contributed by atoms with Crippen molar-refractivity contribution in [3.05, 3.63) is 69.5 Å². The average Bonchev–Trinajstić information content (AvgIpc) is 2.85. The van der Waals surface area contributed by atoms with Crippen molar-refractivity contribution >= 4 is 21.4 Å². The smallest absolute Gasteiger partial charge is 0.259 e. The van der Waals surface area contributed by atoms with Gasteiger partial charge in [-0.1, -0.05) is 6.07 Å². The molecule has 5 heteroatoms. The molecular weight excluding hydrogens is 268 g/mol. The number of halogens is 2. The molecule has 3 aromatic rings. The molecule has 0 radical (unpaired) electrons. The van der Waals surface area contributed by atoms with Gasteiger partial charge in [0.15, 0.2) is 0 Å². The third kappa shape index (κ3) is 2.17. The van der Waals surface area contributed by atoms with Crippen LogP contribution in [0.2, 0.25) is 0 Å². The fourth-order valence-corrected chi connectivity index (χ4v) is 2.74. The quantitative estimate of drug-likeness (QED) is 0.703. The Balaban J connectivity index is 2.05. The largest absolute Gasteiger partial charge is 0.310 e. The van der Waals surface area contributed by atoms with Crippen LogP contribution in [0.3, 0.4) is 0 Å². The summed E-state index contributed by atoms with van der Waals surface area (Å²) in [6.45, 7) is 0.0940. The highest BCUT2D eigenvalue weighted by Crippen LogP contribution is 2.17. The summed E-state index contributed by atoms with van der Waals surface area (Å²) in [6.07, 6.45) is 1.63. The molecule has 0 bridgehead atoms. The molecule has 0 aliphatic carbocycles. The van der Waals surface area contributed by atoms with Crippen molar-refractivity contribution in [2.24, 2.45) is 0 Å². The van der Waals surface area contributed by atoms with E-state index in [0.717, 1.165) is 10.8 Å². The lowest BCUT2D eigenvalue weighted by Gasteiger charge is -2.07. The molecule has 19 heavy (non-hydrogen) atoms. The highest BCUT2D eigenvalue weighted by molar-refractivity contribution is 7.17. The van der Waals surface area contributed by atoms with Crippen LogP contribution in [-0.4, -0.2) is 4.57 Å². The van der Waals surface area contributed by atoms with Gasteiger partial charge >= 0.3 is 0 Å². The van der Waals surface area contributed by atoms with Crippen LogP contribution in [0.4, 0.5) is 8.78 Å². The van der Waals surface area contributed by atoms with Gasteiger partial charge in [-0.3, -0.25) is 4.79 Å². The van der Waals surface area contributed by atoms with Gasteiger partial charge in [-0.25, -0.2) is 8.78 Å². The molecule has 0 aliphatic heterocycles.